The fourth-order valence-electron chi connectivity index (χ4n) is 2.71. The normalized spacial score (nSPS) is 13.5. The Bertz CT molecular complexity index is 877. The fourth-order valence-corrected chi connectivity index (χ4v) is 3.54. The molecule has 3 aromatic rings. The molecule has 7 heteroatoms. The maximum absolute atomic E-state index is 12.2. The number of pyridine rings is 1. The summed E-state index contributed by atoms with van der Waals surface area (Å²) in [5, 5.41) is 12.4. The van der Waals surface area contributed by atoms with Crippen LogP contribution in [0.2, 0.25) is 0 Å². The lowest BCUT2D eigenvalue weighted by Crippen LogP contribution is -2.24. The van der Waals surface area contributed by atoms with E-state index in [4.69, 9.17) is 0 Å². The molecule has 6 nitrogen and oxygen atoms in total. The number of hydrogen-bond acceptors (Lipinski definition) is 5. The third-order valence-corrected chi connectivity index (χ3v) is 5.10. The van der Waals surface area contributed by atoms with Crippen molar-refractivity contribution in [1.82, 2.24) is 25.1 Å². The molecule has 1 amide bonds. The predicted molar refractivity (Wildman–Crippen MR) is 101 cm³/mol. The van der Waals surface area contributed by atoms with Crippen molar-refractivity contribution in [2.45, 2.75) is 30.6 Å². The van der Waals surface area contributed by atoms with Gasteiger partial charge in [-0.3, -0.25) is 14.3 Å². The highest BCUT2D eigenvalue weighted by molar-refractivity contribution is 7.99. The smallest absolute Gasteiger partial charge is 0.230 e. The Morgan fingerprint density at radius 2 is 2.00 bits per heavy atom. The molecule has 0 saturated heterocycles. The van der Waals surface area contributed by atoms with Crippen LogP contribution in [0, 0.1) is 0 Å². The lowest BCUT2D eigenvalue weighted by Gasteiger charge is -2.09. The van der Waals surface area contributed by atoms with Crippen LogP contribution in [0.3, 0.4) is 0 Å². The van der Waals surface area contributed by atoms with Gasteiger partial charge in [0, 0.05) is 30.5 Å². The van der Waals surface area contributed by atoms with E-state index in [9.17, 15) is 4.79 Å². The van der Waals surface area contributed by atoms with E-state index >= 15 is 0 Å². The van der Waals surface area contributed by atoms with Gasteiger partial charge in [0.1, 0.15) is 0 Å². The molecular formula is C19H19N5OS. The lowest BCUT2D eigenvalue weighted by molar-refractivity contribution is -0.118. The highest BCUT2D eigenvalue weighted by Gasteiger charge is 2.30. The first kappa shape index (κ1) is 16.8. The number of rotatable bonds is 7. The molecule has 2 aromatic heterocycles. The molecule has 0 aliphatic heterocycles. The summed E-state index contributed by atoms with van der Waals surface area (Å²) in [6.45, 7) is 0.538. The van der Waals surface area contributed by atoms with Gasteiger partial charge in [-0.15, -0.1) is 10.2 Å². The lowest BCUT2D eigenvalue weighted by atomic mass is 10.2. The number of nitrogens with zero attached hydrogens (tertiary/aromatic N) is 4. The third kappa shape index (κ3) is 3.94. The summed E-state index contributed by atoms with van der Waals surface area (Å²) in [6, 6.07) is 14.2. The molecule has 2 heterocycles. The van der Waals surface area contributed by atoms with Crippen LogP contribution in [0.4, 0.5) is 0 Å². The van der Waals surface area contributed by atoms with Crippen molar-refractivity contribution in [2.75, 3.05) is 5.75 Å². The molecule has 1 aliphatic rings. The second kappa shape index (κ2) is 7.70. The Kier molecular flexibility index (Phi) is 4.97. The van der Waals surface area contributed by atoms with E-state index in [1.165, 1.54) is 11.8 Å². The molecule has 0 atom stereocenters. The molecule has 132 valence electrons. The molecular weight excluding hydrogens is 346 g/mol. The van der Waals surface area contributed by atoms with E-state index in [0.29, 0.717) is 18.3 Å². The summed E-state index contributed by atoms with van der Waals surface area (Å²) in [4.78, 5) is 16.3. The number of thioether (sulfide) groups is 1. The monoisotopic (exact) mass is 365 g/mol. The van der Waals surface area contributed by atoms with E-state index < -0.39 is 0 Å². The van der Waals surface area contributed by atoms with Crippen LogP contribution in [0.5, 0.6) is 0 Å². The van der Waals surface area contributed by atoms with Gasteiger partial charge in [-0.2, -0.15) is 0 Å². The molecule has 4 rings (SSSR count). The number of benzene rings is 1. The maximum Gasteiger partial charge on any atom is 0.230 e. The van der Waals surface area contributed by atoms with Crippen molar-refractivity contribution in [1.29, 1.82) is 0 Å². The number of carbonyl (C=O) groups is 1. The summed E-state index contributed by atoms with van der Waals surface area (Å²) in [6.07, 6.45) is 5.79. The van der Waals surface area contributed by atoms with Crippen molar-refractivity contribution in [3.05, 3.63) is 60.4 Å². The van der Waals surface area contributed by atoms with Gasteiger partial charge in [-0.1, -0.05) is 42.1 Å². The van der Waals surface area contributed by atoms with Crippen LogP contribution < -0.4 is 5.32 Å². The van der Waals surface area contributed by atoms with Gasteiger partial charge in [-0.05, 0) is 30.5 Å². The average Bonchev–Trinajstić information content (AvgIpc) is 3.45. The largest absolute Gasteiger partial charge is 0.351 e. The summed E-state index contributed by atoms with van der Waals surface area (Å²) >= 11 is 1.43. The molecule has 1 aliphatic carbocycles. The number of nitrogens with one attached hydrogen (secondary N) is 1. The number of amides is 1. The predicted octanol–water partition coefficient (Wildman–Crippen LogP) is 3.08. The Labute approximate surface area is 156 Å². The second-order valence-corrected chi connectivity index (χ2v) is 7.14. The van der Waals surface area contributed by atoms with Gasteiger partial charge in [0.2, 0.25) is 5.91 Å². The standard InChI is InChI=1S/C19H19N5OS/c25-17(21-11-14-5-2-1-3-6-14)13-26-19-23-22-18(24(19)16-8-9-16)15-7-4-10-20-12-15/h1-7,10,12,16H,8-9,11,13H2,(H,21,25). The summed E-state index contributed by atoms with van der Waals surface area (Å²) in [7, 11) is 0. The zero-order valence-electron chi connectivity index (χ0n) is 14.2. The van der Waals surface area contributed by atoms with Gasteiger partial charge in [0.25, 0.3) is 0 Å². The minimum absolute atomic E-state index is 0.00729. The van der Waals surface area contributed by atoms with Crippen molar-refractivity contribution in [3.8, 4) is 11.4 Å². The zero-order chi connectivity index (χ0) is 17.8. The van der Waals surface area contributed by atoms with E-state index in [1.54, 1.807) is 12.4 Å². The number of carbonyl (C=O) groups excluding carboxylic acids is 1. The molecule has 1 saturated carbocycles. The summed E-state index contributed by atoms with van der Waals surface area (Å²) in [5.74, 6) is 1.14. The highest BCUT2D eigenvalue weighted by Crippen LogP contribution is 2.40. The van der Waals surface area contributed by atoms with Gasteiger partial charge in [0.15, 0.2) is 11.0 Å². The highest BCUT2D eigenvalue weighted by atomic mass is 32.2. The molecule has 0 radical (unpaired) electrons. The summed E-state index contributed by atoms with van der Waals surface area (Å²) in [5.41, 5.74) is 2.04. The van der Waals surface area contributed by atoms with Gasteiger partial charge < -0.3 is 5.32 Å². The maximum atomic E-state index is 12.2. The first-order chi connectivity index (χ1) is 12.8. The van der Waals surface area contributed by atoms with E-state index in [2.05, 4.69) is 25.1 Å². The van der Waals surface area contributed by atoms with Crippen LogP contribution in [0.15, 0.2) is 60.0 Å². The molecule has 1 aromatic carbocycles. The van der Waals surface area contributed by atoms with Crippen molar-refractivity contribution in [2.24, 2.45) is 0 Å². The van der Waals surface area contributed by atoms with Crippen LogP contribution in [-0.4, -0.2) is 31.4 Å². The quantitative estimate of drug-likeness (QED) is 0.652. The summed E-state index contributed by atoms with van der Waals surface area (Å²) < 4.78 is 2.14. The van der Waals surface area contributed by atoms with Crippen LogP contribution >= 0.6 is 11.8 Å². The Morgan fingerprint density at radius 3 is 2.73 bits per heavy atom. The van der Waals surface area contributed by atoms with Gasteiger partial charge in [-0.25, -0.2) is 0 Å². The molecule has 0 spiro atoms. The van der Waals surface area contributed by atoms with Gasteiger partial charge in [0.05, 0.1) is 5.75 Å². The van der Waals surface area contributed by atoms with E-state index in [0.717, 1.165) is 34.9 Å². The number of hydrogen-bond donors (Lipinski definition) is 1. The van der Waals surface area contributed by atoms with Crippen LogP contribution in [-0.2, 0) is 11.3 Å². The zero-order valence-corrected chi connectivity index (χ0v) is 15.0. The van der Waals surface area contributed by atoms with E-state index in [-0.39, 0.29) is 5.91 Å². The molecule has 1 N–H and O–H groups in total. The fraction of sp³-hybridized carbons (Fsp3) is 0.263. The molecule has 0 unspecified atom stereocenters. The van der Waals surface area contributed by atoms with Crippen molar-refractivity contribution in [3.63, 3.8) is 0 Å². The Morgan fingerprint density at radius 1 is 1.15 bits per heavy atom. The molecule has 0 bridgehead atoms. The molecule has 26 heavy (non-hydrogen) atoms. The Hall–Kier alpha value is -2.67. The van der Waals surface area contributed by atoms with E-state index in [1.807, 2.05) is 42.5 Å². The third-order valence-electron chi connectivity index (χ3n) is 4.16. The van der Waals surface area contributed by atoms with Crippen LogP contribution in [0.1, 0.15) is 24.4 Å². The SMILES string of the molecule is O=C(CSc1nnc(-c2cccnc2)n1C1CC1)NCc1ccccc1. The Balaban J connectivity index is 1.40. The van der Waals surface area contributed by atoms with Crippen molar-refractivity contribution >= 4 is 17.7 Å². The number of aromatic nitrogens is 4. The first-order valence-electron chi connectivity index (χ1n) is 8.60. The topological polar surface area (TPSA) is 72.7 Å². The van der Waals surface area contributed by atoms with Gasteiger partial charge >= 0.3 is 0 Å². The van der Waals surface area contributed by atoms with Crippen LogP contribution in [0.25, 0.3) is 11.4 Å². The minimum atomic E-state index is -0.00729. The first-order valence-corrected chi connectivity index (χ1v) is 9.58. The molecule has 1 fully saturated rings. The minimum Gasteiger partial charge on any atom is -0.351 e. The van der Waals surface area contributed by atoms with Crippen molar-refractivity contribution < 1.29 is 4.79 Å². The second-order valence-electron chi connectivity index (χ2n) is 6.20. The average molecular weight is 365 g/mol.